The molecule has 0 bridgehead atoms. The Labute approximate surface area is 200 Å². The van der Waals surface area contributed by atoms with Crippen LogP contribution in [0.1, 0.15) is 56.1 Å². The standard InChI is InChI=1S/C27H31NO6/c1-15(2)34-18-8-6-16(7-9-18)17-10-21-27(22(29)11-17)20(13-26(30)28-21)19-12-24(32-4)25(33-5)14-23(19)31-3/h6-9,12,14-15,17,20H,10-11,13H2,1-5H3,(H,28,30). The molecule has 34 heavy (non-hydrogen) atoms. The molecular weight excluding hydrogens is 434 g/mol. The van der Waals surface area contributed by atoms with Crippen molar-refractivity contribution in [1.29, 1.82) is 0 Å². The Morgan fingerprint density at radius 2 is 1.50 bits per heavy atom. The van der Waals surface area contributed by atoms with E-state index in [4.69, 9.17) is 18.9 Å². The summed E-state index contributed by atoms with van der Waals surface area (Å²) in [5, 5.41) is 2.97. The molecule has 4 rings (SSSR count). The summed E-state index contributed by atoms with van der Waals surface area (Å²) < 4.78 is 22.2. The van der Waals surface area contributed by atoms with Crippen molar-refractivity contribution in [2.45, 2.75) is 51.0 Å². The van der Waals surface area contributed by atoms with Gasteiger partial charge in [-0.15, -0.1) is 0 Å². The summed E-state index contributed by atoms with van der Waals surface area (Å²) in [6.07, 6.45) is 1.23. The quantitative estimate of drug-likeness (QED) is 0.648. The third-order valence-electron chi connectivity index (χ3n) is 6.37. The molecule has 1 N–H and O–H groups in total. The van der Waals surface area contributed by atoms with Gasteiger partial charge in [-0.2, -0.15) is 0 Å². The van der Waals surface area contributed by atoms with Crippen LogP contribution >= 0.6 is 0 Å². The Kier molecular flexibility index (Phi) is 6.82. The number of rotatable bonds is 7. The largest absolute Gasteiger partial charge is 0.496 e. The van der Waals surface area contributed by atoms with E-state index in [-0.39, 0.29) is 30.1 Å². The van der Waals surface area contributed by atoms with Crippen LogP contribution in [-0.2, 0) is 9.59 Å². The summed E-state index contributed by atoms with van der Waals surface area (Å²) in [7, 11) is 4.67. The second kappa shape index (κ2) is 9.79. The van der Waals surface area contributed by atoms with Crippen molar-refractivity contribution in [3.8, 4) is 23.0 Å². The summed E-state index contributed by atoms with van der Waals surface area (Å²) in [5.41, 5.74) is 3.14. The van der Waals surface area contributed by atoms with Crippen molar-refractivity contribution < 1.29 is 28.5 Å². The lowest BCUT2D eigenvalue weighted by Crippen LogP contribution is -2.38. The van der Waals surface area contributed by atoms with Gasteiger partial charge in [0.2, 0.25) is 5.91 Å². The lowest BCUT2D eigenvalue weighted by Gasteiger charge is -2.35. The minimum atomic E-state index is -0.409. The number of nitrogens with one attached hydrogen (secondary N) is 1. The van der Waals surface area contributed by atoms with E-state index in [1.54, 1.807) is 33.5 Å². The van der Waals surface area contributed by atoms with Gasteiger partial charge in [-0.3, -0.25) is 9.59 Å². The molecule has 0 saturated carbocycles. The summed E-state index contributed by atoms with van der Waals surface area (Å²) in [5.74, 6) is 1.91. The average molecular weight is 466 g/mol. The third-order valence-corrected chi connectivity index (χ3v) is 6.37. The van der Waals surface area contributed by atoms with Gasteiger partial charge in [-0.25, -0.2) is 0 Å². The molecular formula is C27H31NO6. The van der Waals surface area contributed by atoms with E-state index in [9.17, 15) is 9.59 Å². The number of benzene rings is 2. The summed E-state index contributed by atoms with van der Waals surface area (Å²) in [6.45, 7) is 3.97. The van der Waals surface area contributed by atoms with Crippen molar-refractivity contribution >= 4 is 11.7 Å². The van der Waals surface area contributed by atoms with Crippen LogP contribution < -0.4 is 24.3 Å². The smallest absolute Gasteiger partial charge is 0.225 e. The Morgan fingerprint density at radius 3 is 2.12 bits per heavy atom. The fraction of sp³-hybridized carbons (Fsp3) is 0.407. The summed E-state index contributed by atoms with van der Waals surface area (Å²) >= 11 is 0. The van der Waals surface area contributed by atoms with Crippen molar-refractivity contribution in [2.75, 3.05) is 21.3 Å². The van der Waals surface area contributed by atoms with Crippen LogP contribution in [0.15, 0.2) is 47.7 Å². The third kappa shape index (κ3) is 4.60. The van der Waals surface area contributed by atoms with Crippen LogP contribution in [0.25, 0.3) is 0 Å². The van der Waals surface area contributed by atoms with Crippen LogP contribution in [0.3, 0.4) is 0 Å². The molecule has 0 aromatic heterocycles. The zero-order valence-corrected chi connectivity index (χ0v) is 20.3. The van der Waals surface area contributed by atoms with E-state index in [1.165, 1.54) is 0 Å². The first-order valence-electron chi connectivity index (χ1n) is 11.5. The SMILES string of the molecule is COc1cc(OC)c(C2CC(=O)NC3=C2C(=O)CC(c2ccc(OC(C)C)cc2)C3)cc1OC. The number of carbonyl (C=O) groups is 2. The lowest BCUT2D eigenvalue weighted by atomic mass is 9.73. The molecule has 2 atom stereocenters. The molecule has 0 fully saturated rings. The molecule has 2 aliphatic rings. The minimum absolute atomic E-state index is 0.00861. The molecule has 2 aromatic rings. The average Bonchev–Trinajstić information content (AvgIpc) is 2.82. The zero-order valence-electron chi connectivity index (χ0n) is 20.3. The number of ketones is 1. The van der Waals surface area contributed by atoms with Gasteiger partial charge in [0.1, 0.15) is 11.5 Å². The van der Waals surface area contributed by atoms with Crippen LogP contribution in [0.4, 0.5) is 0 Å². The molecule has 1 amide bonds. The molecule has 0 spiro atoms. The summed E-state index contributed by atoms with van der Waals surface area (Å²) in [6, 6.07) is 11.4. The van der Waals surface area contributed by atoms with Gasteiger partial charge in [0.15, 0.2) is 17.3 Å². The second-order valence-electron chi connectivity index (χ2n) is 8.91. The fourth-order valence-electron chi connectivity index (χ4n) is 4.88. The Hall–Kier alpha value is -3.48. The van der Waals surface area contributed by atoms with Gasteiger partial charge < -0.3 is 24.3 Å². The molecule has 2 unspecified atom stereocenters. The molecule has 1 aliphatic heterocycles. The first-order valence-corrected chi connectivity index (χ1v) is 11.5. The highest BCUT2D eigenvalue weighted by Gasteiger charge is 2.39. The van der Waals surface area contributed by atoms with Gasteiger partial charge in [0.05, 0.1) is 27.4 Å². The normalized spacial score (nSPS) is 20.1. The predicted octanol–water partition coefficient (Wildman–Crippen LogP) is 4.50. The van der Waals surface area contributed by atoms with Crippen molar-refractivity contribution in [2.24, 2.45) is 0 Å². The number of carbonyl (C=O) groups excluding carboxylic acids is 2. The number of Topliss-reactive ketones (excluding diaryl/α,β-unsaturated/α-hetero) is 1. The van der Waals surface area contributed by atoms with Gasteiger partial charge in [0.25, 0.3) is 0 Å². The molecule has 7 nitrogen and oxygen atoms in total. The second-order valence-corrected chi connectivity index (χ2v) is 8.91. The number of methoxy groups -OCH3 is 3. The van der Waals surface area contributed by atoms with E-state index >= 15 is 0 Å². The molecule has 1 heterocycles. The molecule has 180 valence electrons. The van der Waals surface area contributed by atoms with Crippen LogP contribution in [0.2, 0.25) is 0 Å². The van der Waals surface area contributed by atoms with Gasteiger partial charge in [-0.1, -0.05) is 12.1 Å². The maximum absolute atomic E-state index is 13.5. The monoisotopic (exact) mass is 465 g/mol. The molecule has 0 radical (unpaired) electrons. The van der Waals surface area contributed by atoms with Crippen LogP contribution in [-0.4, -0.2) is 39.1 Å². The summed E-state index contributed by atoms with van der Waals surface area (Å²) in [4.78, 5) is 26.2. The highest BCUT2D eigenvalue weighted by atomic mass is 16.5. The number of allylic oxidation sites excluding steroid dienone is 2. The fourth-order valence-corrected chi connectivity index (χ4v) is 4.88. The van der Waals surface area contributed by atoms with Crippen molar-refractivity contribution in [1.82, 2.24) is 5.32 Å². The number of amides is 1. The number of hydrogen-bond donors (Lipinski definition) is 1. The molecule has 0 saturated heterocycles. The molecule has 2 aromatic carbocycles. The highest BCUT2D eigenvalue weighted by molar-refractivity contribution is 6.02. The van der Waals surface area contributed by atoms with E-state index in [2.05, 4.69) is 5.32 Å². The van der Waals surface area contributed by atoms with Gasteiger partial charge in [0, 0.05) is 41.7 Å². The van der Waals surface area contributed by atoms with E-state index in [1.807, 2.05) is 38.1 Å². The Bertz CT molecular complexity index is 1120. The van der Waals surface area contributed by atoms with E-state index in [0.29, 0.717) is 41.4 Å². The van der Waals surface area contributed by atoms with Gasteiger partial charge in [-0.05, 0) is 49.9 Å². The minimum Gasteiger partial charge on any atom is -0.496 e. The topological polar surface area (TPSA) is 83.1 Å². The van der Waals surface area contributed by atoms with E-state index < -0.39 is 5.92 Å². The molecule has 1 aliphatic carbocycles. The lowest BCUT2D eigenvalue weighted by molar-refractivity contribution is -0.122. The maximum atomic E-state index is 13.5. The highest BCUT2D eigenvalue weighted by Crippen LogP contribution is 2.47. The Morgan fingerprint density at radius 1 is 0.853 bits per heavy atom. The van der Waals surface area contributed by atoms with E-state index in [0.717, 1.165) is 16.9 Å². The zero-order chi connectivity index (χ0) is 24.4. The van der Waals surface area contributed by atoms with Crippen LogP contribution in [0, 0.1) is 0 Å². The van der Waals surface area contributed by atoms with Gasteiger partial charge >= 0.3 is 0 Å². The first-order chi connectivity index (χ1) is 16.3. The first kappa shape index (κ1) is 23.7. The van der Waals surface area contributed by atoms with Crippen molar-refractivity contribution in [3.63, 3.8) is 0 Å². The van der Waals surface area contributed by atoms with Crippen molar-refractivity contribution in [3.05, 3.63) is 58.8 Å². The maximum Gasteiger partial charge on any atom is 0.225 e. The Balaban J connectivity index is 1.69. The number of hydrogen-bond acceptors (Lipinski definition) is 6. The predicted molar refractivity (Wildman–Crippen MR) is 128 cm³/mol. The molecule has 7 heteroatoms. The number of ether oxygens (including phenoxy) is 4. The van der Waals surface area contributed by atoms with Crippen LogP contribution in [0.5, 0.6) is 23.0 Å².